The van der Waals surface area contributed by atoms with Gasteiger partial charge in [0.25, 0.3) is 0 Å². The fraction of sp³-hybridized carbons (Fsp3) is 0.857. The van der Waals surface area contributed by atoms with E-state index in [9.17, 15) is 4.79 Å². The van der Waals surface area contributed by atoms with Crippen molar-refractivity contribution in [3.8, 4) is 0 Å². The molecule has 0 aromatic carbocycles. The first kappa shape index (κ1) is 7.69. The van der Waals surface area contributed by atoms with Crippen LogP contribution in [0, 0.1) is 0 Å². The molecule has 0 saturated heterocycles. The van der Waals surface area contributed by atoms with Gasteiger partial charge in [-0.25, -0.2) is 0 Å². The molecule has 0 aliphatic heterocycles. The van der Waals surface area contributed by atoms with Crippen molar-refractivity contribution < 1.29 is 9.90 Å². The molecule has 1 saturated carbocycles. The third kappa shape index (κ3) is 2.08. The Hall–Kier alpha value is -0.410. The molecular formula is C7H13NO2. The highest BCUT2D eigenvalue weighted by molar-refractivity contribution is 5.52. The molecule has 3 nitrogen and oxygen atoms in total. The van der Waals surface area contributed by atoms with E-state index in [2.05, 4.69) is 0 Å². The third-order valence-corrected chi connectivity index (χ3v) is 1.76. The first-order valence-corrected chi connectivity index (χ1v) is 3.67. The van der Waals surface area contributed by atoms with Crippen LogP contribution in [0.4, 0.5) is 0 Å². The number of aliphatic hydroxyl groups excluding tert-OH is 1. The molecule has 0 atom stereocenters. The molecule has 0 aromatic heterocycles. The lowest BCUT2D eigenvalue weighted by molar-refractivity contribution is -0.109. The number of nitrogens with zero attached hydrogens (tertiary/aromatic N) is 1. The zero-order valence-electron chi connectivity index (χ0n) is 5.99. The normalized spacial score (nSPS) is 17.8. The van der Waals surface area contributed by atoms with Crippen LogP contribution in [-0.2, 0) is 4.79 Å². The summed E-state index contributed by atoms with van der Waals surface area (Å²) < 4.78 is 0. The topological polar surface area (TPSA) is 40.5 Å². The van der Waals surface area contributed by atoms with Crippen LogP contribution >= 0.6 is 0 Å². The predicted octanol–water partition coefficient (Wildman–Crippen LogP) is -0.358. The summed E-state index contributed by atoms with van der Waals surface area (Å²) in [6.07, 6.45) is 3.27. The fourth-order valence-corrected chi connectivity index (χ4v) is 1.09. The van der Waals surface area contributed by atoms with Gasteiger partial charge in [0, 0.05) is 12.6 Å². The zero-order chi connectivity index (χ0) is 7.40. The average molecular weight is 143 g/mol. The molecule has 0 spiro atoms. The van der Waals surface area contributed by atoms with E-state index in [4.69, 9.17) is 5.11 Å². The molecule has 0 unspecified atom stereocenters. The standard InChI is InChI=1S/C7H13NO2/c9-5-3-8(4-6-10)7-1-2-7/h5,7,10H,1-4,6H2. The number of carbonyl (C=O) groups is 1. The summed E-state index contributed by atoms with van der Waals surface area (Å²) in [5.41, 5.74) is 0. The Balaban J connectivity index is 2.19. The Bertz CT molecular complexity index is 112. The second kappa shape index (κ2) is 3.68. The van der Waals surface area contributed by atoms with Gasteiger partial charge in [-0.3, -0.25) is 4.90 Å². The Kier molecular flexibility index (Phi) is 2.83. The zero-order valence-corrected chi connectivity index (χ0v) is 5.99. The molecule has 1 aliphatic carbocycles. The van der Waals surface area contributed by atoms with E-state index in [1.54, 1.807) is 0 Å². The summed E-state index contributed by atoms with van der Waals surface area (Å²) in [5, 5.41) is 8.58. The largest absolute Gasteiger partial charge is 0.395 e. The number of hydrogen-bond acceptors (Lipinski definition) is 3. The summed E-state index contributed by atoms with van der Waals surface area (Å²) in [7, 11) is 0. The molecule has 0 bridgehead atoms. The first-order chi connectivity index (χ1) is 4.88. The van der Waals surface area contributed by atoms with Crippen molar-refractivity contribution in [2.24, 2.45) is 0 Å². The van der Waals surface area contributed by atoms with Crippen molar-refractivity contribution in [1.82, 2.24) is 4.90 Å². The summed E-state index contributed by atoms with van der Waals surface area (Å²) in [6.45, 7) is 1.28. The van der Waals surface area contributed by atoms with Crippen LogP contribution < -0.4 is 0 Å². The second-order valence-corrected chi connectivity index (χ2v) is 2.62. The summed E-state index contributed by atoms with van der Waals surface area (Å²) in [6, 6.07) is 0.581. The first-order valence-electron chi connectivity index (χ1n) is 3.67. The maximum Gasteiger partial charge on any atom is 0.133 e. The van der Waals surface area contributed by atoms with E-state index in [1.807, 2.05) is 4.90 Å². The number of aldehydes is 1. The highest BCUT2D eigenvalue weighted by Crippen LogP contribution is 2.25. The van der Waals surface area contributed by atoms with Crippen molar-refractivity contribution >= 4 is 6.29 Å². The van der Waals surface area contributed by atoms with Crippen LogP contribution in [0.1, 0.15) is 12.8 Å². The van der Waals surface area contributed by atoms with Crippen molar-refractivity contribution in [3.05, 3.63) is 0 Å². The number of rotatable bonds is 5. The van der Waals surface area contributed by atoms with Gasteiger partial charge in [0.1, 0.15) is 6.29 Å². The summed E-state index contributed by atoms with van der Waals surface area (Å²) in [5.74, 6) is 0. The summed E-state index contributed by atoms with van der Waals surface area (Å²) in [4.78, 5) is 12.1. The SMILES string of the molecule is O=CCN(CCO)C1CC1. The van der Waals surface area contributed by atoms with E-state index in [0.29, 0.717) is 19.1 Å². The third-order valence-electron chi connectivity index (χ3n) is 1.76. The van der Waals surface area contributed by atoms with Gasteiger partial charge in [0.05, 0.1) is 13.2 Å². The van der Waals surface area contributed by atoms with Gasteiger partial charge < -0.3 is 9.90 Å². The van der Waals surface area contributed by atoms with Crippen molar-refractivity contribution in [1.29, 1.82) is 0 Å². The van der Waals surface area contributed by atoms with E-state index in [1.165, 1.54) is 12.8 Å². The van der Waals surface area contributed by atoms with E-state index in [-0.39, 0.29) is 6.61 Å². The molecule has 58 valence electrons. The van der Waals surface area contributed by atoms with Crippen molar-refractivity contribution in [2.75, 3.05) is 19.7 Å². The smallest absolute Gasteiger partial charge is 0.133 e. The second-order valence-electron chi connectivity index (χ2n) is 2.62. The minimum absolute atomic E-state index is 0.157. The lowest BCUT2D eigenvalue weighted by atomic mass is 10.4. The monoisotopic (exact) mass is 143 g/mol. The molecular weight excluding hydrogens is 130 g/mol. The minimum Gasteiger partial charge on any atom is -0.395 e. The van der Waals surface area contributed by atoms with E-state index in [0.717, 1.165) is 6.29 Å². The predicted molar refractivity (Wildman–Crippen MR) is 37.7 cm³/mol. The summed E-state index contributed by atoms with van der Waals surface area (Å²) >= 11 is 0. The van der Waals surface area contributed by atoms with Gasteiger partial charge >= 0.3 is 0 Å². The Morgan fingerprint density at radius 1 is 1.60 bits per heavy atom. The highest BCUT2D eigenvalue weighted by atomic mass is 16.3. The van der Waals surface area contributed by atoms with Crippen LogP contribution in [-0.4, -0.2) is 42.0 Å². The van der Waals surface area contributed by atoms with Crippen LogP contribution in [0.2, 0.25) is 0 Å². The van der Waals surface area contributed by atoms with Crippen LogP contribution in [0.25, 0.3) is 0 Å². The van der Waals surface area contributed by atoms with Gasteiger partial charge in [-0.05, 0) is 12.8 Å². The highest BCUT2D eigenvalue weighted by Gasteiger charge is 2.27. The molecule has 1 N–H and O–H groups in total. The van der Waals surface area contributed by atoms with Gasteiger partial charge in [-0.2, -0.15) is 0 Å². The Labute approximate surface area is 60.6 Å². The van der Waals surface area contributed by atoms with Crippen molar-refractivity contribution in [2.45, 2.75) is 18.9 Å². The number of carbonyl (C=O) groups excluding carboxylic acids is 1. The Morgan fingerprint density at radius 2 is 2.30 bits per heavy atom. The van der Waals surface area contributed by atoms with Gasteiger partial charge in [0.2, 0.25) is 0 Å². The lowest BCUT2D eigenvalue weighted by Gasteiger charge is -2.16. The quantitative estimate of drug-likeness (QED) is 0.534. The molecule has 10 heavy (non-hydrogen) atoms. The lowest BCUT2D eigenvalue weighted by Crippen LogP contribution is -2.30. The Morgan fingerprint density at radius 3 is 2.70 bits per heavy atom. The minimum atomic E-state index is 0.157. The maximum absolute atomic E-state index is 10.1. The van der Waals surface area contributed by atoms with Crippen LogP contribution in [0.3, 0.4) is 0 Å². The number of aliphatic hydroxyl groups is 1. The van der Waals surface area contributed by atoms with Gasteiger partial charge in [-0.1, -0.05) is 0 Å². The van der Waals surface area contributed by atoms with Crippen LogP contribution in [0.5, 0.6) is 0 Å². The fourth-order valence-electron chi connectivity index (χ4n) is 1.09. The van der Waals surface area contributed by atoms with E-state index < -0.39 is 0 Å². The molecule has 1 fully saturated rings. The van der Waals surface area contributed by atoms with Gasteiger partial charge in [-0.15, -0.1) is 0 Å². The molecule has 0 heterocycles. The molecule has 0 amide bonds. The number of hydrogen-bond donors (Lipinski definition) is 1. The average Bonchev–Trinajstić information content (AvgIpc) is 2.69. The maximum atomic E-state index is 10.1. The molecule has 1 rings (SSSR count). The van der Waals surface area contributed by atoms with Gasteiger partial charge in [0.15, 0.2) is 0 Å². The van der Waals surface area contributed by atoms with Crippen LogP contribution in [0.15, 0.2) is 0 Å². The van der Waals surface area contributed by atoms with Crippen molar-refractivity contribution in [3.63, 3.8) is 0 Å². The molecule has 0 aromatic rings. The van der Waals surface area contributed by atoms with E-state index >= 15 is 0 Å². The molecule has 1 aliphatic rings. The molecule has 0 radical (unpaired) electrons. The molecule has 3 heteroatoms.